The maximum Gasteiger partial charge on any atom is 0.573 e. The quantitative estimate of drug-likeness (QED) is 0.621. The second kappa shape index (κ2) is 8.89. The number of rotatable bonds is 6. The molecule has 1 unspecified atom stereocenters. The normalized spacial score (nSPS) is 16.2. The molecule has 0 spiro atoms. The molecule has 0 radical (unpaired) electrons. The molecule has 7 nitrogen and oxygen atoms in total. The van der Waals surface area contributed by atoms with Crippen LogP contribution in [0.3, 0.4) is 0 Å². The van der Waals surface area contributed by atoms with Gasteiger partial charge in [-0.2, -0.15) is 4.98 Å². The molecule has 0 aliphatic carbocycles. The molecule has 1 atom stereocenters. The lowest BCUT2D eigenvalue weighted by molar-refractivity contribution is -0.274. The summed E-state index contributed by atoms with van der Waals surface area (Å²) in [6.45, 7) is 1.04. The van der Waals surface area contributed by atoms with Crippen LogP contribution in [0.1, 0.15) is 12.0 Å². The van der Waals surface area contributed by atoms with Crippen LogP contribution < -0.4 is 14.8 Å². The molecule has 1 amide bonds. The molecule has 2 aromatic carbocycles. The summed E-state index contributed by atoms with van der Waals surface area (Å²) in [6.07, 6.45) is -3.92. The summed E-state index contributed by atoms with van der Waals surface area (Å²) in [6, 6.07) is 12.8. The molecule has 1 aromatic heterocycles. The summed E-state index contributed by atoms with van der Waals surface area (Å²) < 4.78 is 46.0. The third-order valence-corrected chi connectivity index (χ3v) is 5.15. The van der Waals surface area contributed by atoms with Crippen LogP contribution in [0.4, 0.5) is 19.1 Å². The number of nitrogens with zero attached hydrogens (tertiary/aromatic N) is 3. The number of carbonyl (C=O) groups excluding carboxylic acids is 1. The molecule has 1 saturated heterocycles. The van der Waals surface area contributed by atoms with Gasteiger partial charge in [-0.25, -0.2) is 4.98 Å². The Morgan fingerprint density at radius 2 is 1.91 bits per heavy atom. The van der Waals surface area contributed by atoms with Gasteiger partial charge in [-0.05, 0) is 36.2 Å². The first kappa shape index (κ1) is 21.7. The van der Waals surface area contributed by atoms with Crippen LogP contribution >= 0.6 is 0 Å². The van der Waals surface area contributed by atoms with E-state index in [4.69, 9.17) is 4.74 Å². The van der Waals surface area contributed by atoms with Crippen LogP contribution in [0.15, 0.2) is 48.5 Å². The van der Waals surface area contributed by atoms with Crippen molar-refractivity contribution < 1.29 is 27.4 Å². The summed E-state index contributed by atoms with van der Waals surface area (Å²) in [5.74, 6) is 0.489. The van der Waals surface area contributed by atoms with Crippen LogP contribution in [0.5, 0.6) is 11.6 Å². The van der Waals surface area contributed by atoms with Gasteiger partial charge >= 0.3 is 6.36 Å². The molecule has 1 aliphatic rings. The van der Waals surface area contributed by atoms with E-state index in [1.54, 1.807) is 12.0 Å². The molecule has 32 heavy (non-hydrogen) atoms. The molecule has 0 bridgehead atoms. The zero-order valence-electron chi connectivity index (χ0n) is 17.2. The molecule has 4 rings (SSSR count). The van der Waals surface area contributed by atoms with Crippen molar-refractivity contribution in [3.63, 3.8) is 0 Å². The fourth-order valence-corrected chi connectivity index (χ4v) is 3.65. The van der Waals surface area contributed by atoms with Gasteiger partial charge in [-0.1, -0.05) is 24.3 Å². The number of para-hydroxylation sites is 1. The van der Waals surface area contributed by atoms with Gasteiger partial charge in [-0.15, -0.1) is 13.2 Å². The summed E-state index contributed by atoms with van der Waals surface area (Å²) in [4.78, 5) is 23.3. The lowest BCUT2D eigenvalue weighted by Gasteiger charge is -2.18. The van der Waals surface area contributed by atoms with Gasteiger partial charge in [0.25, 0.3) is 0 Å². The number of alkyl halides is 3. The number of hydrogen-bond donors (Lipinski definition) is 1. The van der Waals surface area contributed by atoms with Crippen LogP contribution in [0.25, 0.3) is 10.9 Å². The molecule has 10 heteroatoms. The fraction of sp³-hybridized carbons (Fsp3) is 0.318. The molecule has 168 valence electrons. The van der Waals surface area contributed by atoms with Gasteiger partial charge in [0.15, 0.2) is 0 Å². The number of benzene rings is 2. The van der Waals surface area contributed by atoms with Crippen molar-refractivity contribution in [1.29, 1.82) is 0 Å². The highest BCUT2D eigenvalue weighted by molar-refractivity contribution is 5.84. The monoisotopic (exact) mass is 446 g/mol. The van der Waals surface area contributed by atoms with E-state index in [0.29, 0.717) is 30.5 Å². The largest absolute Gasteiger partial charge is 0.573 e. The van der Waals surface area contributed by atoms with Crippen LogP contribution in [0, 0.1) is 0 Å². The number of hydrogen-bond acceptors (Lipinski definition) is 6. The van der Waals surface area contributed by atoms with Gasteiger partial charge in [-0.3, -0.25) is 4.79 Å². The minimum atomic E-state index is -4.74. The lowest BCUT2D eigenvalue weighted by Crippen LogP contribution is -2.32. The van der Waals surface area contributed by atoms with Gasteiger partial charge in [0, 0.05) is 19.1 Å². The summed E-state index contributed by atoms with van der Waals surface area (Å²) in [5.41, 5.74) is 1.37. The average Bonchev–Trinajstić information content (AvgIpc) is 3.22. The second-order valence-electron chi connectivity index (χ2n) is 7.41. The van der Waals surface area contributed by atoms with E-state index in [2.05, 4.69) is 20.0 Å². The van der Waals surface area contributed by atoms with Crippen molar-refractivity contribution >= 4 is 22.8 Å². The Morgan fingerprint density at radius 3 is 2.62 bits per heavy atom. The van der Waals surface area contributed by atoms with Crippen LogP contribution in [-0.2, 0) is 11.2 Å². The Balaban J connectivity index is 1.35. The molecular formula is C22H21F3N4O3. The van der Waals surface area contributed by atoms with Crippen molar-refractivity contribution in [2.24, 2.45) is 0 Å². The third-order valence-electron chi connectivity index (χ3n) is 5.15. The Hall–Kier alpha value is -3.56. The number of anilines is 1. The fourth-order valence-electron chi connectivity index (χ4n) is 3.65. The molecule has 1 fully saturated rings. The van der Waals surface area contributed by atoms with E-state index in [-0.39, 0.29) is 24.1 Å². The van der Waals surface area contributed by atoms with Crippen molar-refractivity contribution in [3.8, 4) is 11.6 Å². The van der Waals surface area contributed by atoms with Gasteiger partial charge in [0.2, 0.25) is 17.7 Å². The number of ether oxygens (including phenoxy) is 2. The predicted molar refractivity (Wildman–Crippen MR) is 112 cm³/mol. The number of methoxy groups -OCH3 is 1. The van der Waals surface area contributed by atoms with Crippen molar-refractivity contribution in [1.82, 2.24) is 14.9 Å². The number of carbonyl (C=O) groups is 1. The van der Waals surface area contributed by atoms with Crippen molar-refractivity contribution in [2.75, 3.05) is 25.5 Å². The Morgan fingerprint density at radius 1 is 1.16 bits per heavy atom. The maximum absolute atomic E-state index is 12.6. The number of aromatic nitrogens is 2. The minimum absolute atomic E-state index is 0.0209. The zero-order valence-corrected chi connectivity index (χ0v) is 17.2. The Labute approximate surface area is 182 Å². The van der Waals surface area contributed by atoms with E-state index in [1.165, 1.54) is 24.3 Å². The number of fused-ring (bicyclic) bond motifs is 1. The first-order valence-electron chi connectivity index (χ1n) is 10.0. The number of halogens is 3. The zero-order chi connectivity index (χ0) is 22.7. The molecule has 3 aromatic rings. The SMILES string of the molecule is COc1nc(NC2CCN(C(=O)Cc3ccc(OC(F)(F)F)cc3)C2)nc2ccccc12. The van der Waals surface area contributed by atoms with E-state index >= 15 is 0 Å². The molecule has 2 heterocycles. The number of amides is 1. The van der Waals surface area contributed by atoms with E-state index < -0.39 is 6.36 Å². The van der Waals surface area contributed by atoms with Crippen LogP contribution in [0.2, 0.25) is 0 Å². The highest BCUT2D eigenvalue weighted by Gasteiger charge is 2.31. The lowest BCUT2D eigenvalue weighted by atomic mass is 10.1. The number of nitrogens with one attached hydrogen (secondary N) is 1. The minimum Gasteiger partial charge on any atom is -0.480 e. The van der Waals surface area contributed by atoms with E-state index in [9.17, 15) is 18.0 Å². The first-order chi connectivity index (χ1) is 15.3. The van der Waals surface area contributed by atoms with Gasteiger partial charge in [0.05, 0.1) is 24.4 Å². The molecule has 1 N–H and O–H groups in total. The summed E-state index contributed by atoms with van der Waals surface area (Å²) in [5, 5.41) is 4.08. The highest BCUT2D eigenvalue weighted by Crippen LogP contribution is 2.25. The highest BCUT2D eigenvalue weighted by atomic mass is 19.4. The first-order valence-corrected chi connectivity index (χ1v) is 10.0. The van der Waals surface area contributed by atoms with E-state index in [1.807, 2.05) is 24.3 Å². The predicted octanol–water partition coefficient (Wildman–Crippen LogP) is 3.79. The summed E-state index contributed by atoms with van der Waals surface area (Å²) >= 11 is 0. The Kier molecular flexibility index (Phi) is 6.02. The van der Waals surface area contributed by atoms with E-state index in [0.717, 1.165) is 17.3 Å². The molecular weight excluding hydrogens is 425 g/mol. The third kappa shape index (κ3) is 5.19. The standard InChI is InChI=1S/C22H21F3N4O3/c1-31-20-17-4-2-3-5-18(17)27-21(28-20)26-15-10-11-29(13-15)19(30)12-14-6-8-16(9-7-14)32-22(23,24)25/h2-9,15H,10-13H2,1H3,(H,26,27,28). The van der Waals surface area contributed by atoms with Gasteiger partial charge in [0.1, 0.15) is 5.75 Å². The molecule has 0 saturated carbocycles. The smallest absolute Gasteiger partial charge is 0.480 e. The van der Waals surface area contributed by atoms with Crippen molar-refractivity contribution in [3.05, 3.63) is 54.1 Å². The van der Waals surface area contributed by atoms with Crippen molar-refractivity contribution in [2.45, 2.75) is 25.2 Å². The maximum atomic E-state index is 12.6. The van der Waals surface area contributed by atoms with Crippen LogP contribution in [-0.4, -0.2) is 53.4 Å². The van der Waals surface area contributed by atoms with Gasteiger partial charge < -0.3 is 19.7 Å². The topological polar surface area (TPSA) is 76.6 Å². The average molecular weight is 446 g/mol. The Bertz CT molecular complexity index is 1110. The molecule has 1 aliphatic heterocycles. The number of likely N-dealkylation sites (tertiary alicyclic amines) is 1. The summed E-state index contributed by atoms with van der Waals surface area (Å²) in [7, 11) is 1.55. The second-order valence-corrected chi connectivity index (χ2v) is 7.41.